The third-order valence-corrected chi connectivity index (χ3v) is 4.54. The van der Waals surface area contributed by atoms with Gasteiger partial charge in [-0.3, -0.25) is 0 Å². The number of nitrogens with zero attached hydrogens (tertiary/aromatic N) is 4. The van der Waals surface area contributed by atoms with Gasteiger partial charge in [0, 0.05) is 42.3 Å². The standard InChI is InChI=1S/C18H17ClN4/c19-14-5-7-15(8-6-14)22-9-11-23(12-10-22)18-16-3-1-2-4-17(16)20-13-21-18/h1-8,13H,9-12H2. The number of rotatable bonds is 2. The van der Waals surface area contributed by atoms with Crippen LogP contribution in [0, 0.1) is 0 Å². The molecule has 0 unspecified atom stereocenters. The summed E-state index contributed by atoms with van der Waals surface area (Å²) in [6.07, 6.45) is 1.66. The molecular formula is C18H17ClN4. The molecular weight excluding hydrogens is 308 g/mol. The van der Waals surface area contributed by atoms with Crippen LogP contribution in [0.2, 0.25) is 5.02 Å². The van der Waals surface area contributed by atoms with Crippen LogP contribution in [0.5, 0.6) is 0 Å². The topological polar surface area (TPSA) is 32.3 Å². The van der Waals surface area contributed by atoms with Crippen LogP contribution in [0.15, 0.2) is 54.9 Å². The lowest BCUT2D eigenvalue weighted by Crippen LogP contribution is -2.46. The molecule has 5 heteroatoms. The highest BCUT2D eigenvalue weighted by molar-refractivity contribution is 6.30. The molecule has 4 nitrogen and oxygen atoms in total. The quantitative estimate of drug-likeness (QED) is 0.721. The molecule has 0 bridgehead atoms. The van der Waals surface area contributed by atoms with Crippen LogP contribution >= 0.6 is 11.6 Å². The van der Waals surface area contributed by atoms with Crippen LogP contribution in [0.25, 0.3) is 10.9 Å². The van der Waals surface area contributed by atoms with Gasteiger partial charge in [0.15, 0.2) is 0 Å². The number of benzene rings is 2. The zero-order chi connectivity index (χ0) is 15.6. The summed E-state index contributed by atoms with van der Waals surface area (Å²) >= 11 is 5.97. The smallest absolute Gasteiger partial charge is 0.140 e. The van der Waals surface area contributed by atoms with Crippen molar-refractivity contribution in [1.29, 1.82) is 0 Å². The van der Waals surface area contributed by atoms with Crippen molar-refractivity contribution in [3.8, 4) is 0 Å². The minimum absolute atomic E-state index is 0.778. The average Bonchev–Trinajstić information content (AvgIpc) is 2.62. The number of aromatic nitrogens is 2. The minimum Gasteiger partial charge on any atom is -0.368 e. The van der Waals surface area contributed by atoms with Gasteiger partial charge in [0.05, 0.1) is 5.52 Å². The molecule has 0 N–H and O–H groups in total. The van der Waals surface area contributed by atoms with E-state index in [1.54, 1.807) is 6.33 Å². The highest BCUT2D eigenvalue weighted by Crippen LogP contribution is 2.25. The number of hydrogen-bond acceptors (Lipinski definition) is 4. The highest BCUT2D eigenvalue weighted by atomic mass is 35.5. The van der Waals surface area contributed by atoms with Crippen molar-refractivity contribution in [2.24, 2.45) is 0 Å². The van der Waals surface area contributed by atoms with E-state index in [1.807, 2.05) is 30.3 Å². The maximum atomic E-state index is 5.97. The molecule has 2 aromatic carbocycles. The largest absolute Gasteiger partial charge is 0.368 e. The fourth-order valence-electron chi connectivity index (χ4n) is 3.07. The molecule has 23 heavy (non-hydrogen) atoms. The zero-order valence-corrected chi connectivity index (χ0v) is 13.4. The van der Waals surface area contributed by atoms with Gasteiger partial charge >= 0.3 is 0 Å². The summed E-state index contributed by atoms with van der Waals surface area (Å²) in [5, 5.41) is 1.90. The molecule has 4 rings (SSSR count). The molecule has 1 aliphatic rings. The molecule has 1 saturated heterocycles. The monoisotopic (exact) mass is 324 g/mol. The second kappa shape index (κ2) is 6.05. The Kier molecular flexibility index (Phi) is 3.75. The minimum atomic E-state index is 0.778. The van der Waals surface area contributed by atoms with Crippen molar-refractivity contribution in [3.63, 3.8) is 0 Å². The van der Waals surface area contributed by atoms with Crippen LogP contribution in [0.4, 0.5) is 11.5 Å². The van der Waals surface area contributed by atoms with Crippen LogP contribution in [0.3, 0.4) is 0 Å². The van der Waals surface area contributed by atoms with Gasteiger partial charge in [-0.1, -0.05) is 23.7 Å². The van der Waals surface area contributed by atoms with E-state index >= 15 is 0 Å². The fourth-order valence-corrected chi connectivity index (χ4v) is 3.20. The van der Waals surface area contributed by atoms with Gasteiger partial charge in [0.25, 0.3) is 0 Å². The highest BCUT2D eigenvalue weighted by Gasteiger charge is 2.20. The number of anilines is 2. The lowest BCUT2D eigenvalue weighted by Gasteiger charge is -2.37. The molecule has 0 aliphatic carbocycles. The van der Waals surface area contributed by atoms with Crippen molar-refractivity contribution in [2.45, 2.75) is 0 Å². The number of halogens is 1. The third-order valence-electron chi connectivity index (χ3n) is 4.29. The predicted octanol–water partition coefficient (Wildman–Crippen LogP) is 3.61. The van der Waals surface area contributed by atoms with Gasteiger partial charge in [-0.25, -0.2) is 9.97 Å². The first-order valence-corrected chi connectivity index (χ1v) is 8.14. The molecule has 0 saturated carbocycles. The summed E-state index contributed by atoms with van der Waals surface area (Å²) in [5.41, 5.74) is 2.22. The Morgan fingerprint density at radius 1 is 0.783 bits per heavy atom. The van der Waals surface area contributed by atoms with Crippen molar-refractivity contribution in [2.75, 3.05) is 36.0 Å². The molecule has 0 radical (unpaired) electrons. The summed E-state index contributed by atoms with van der Waals surface area (Å²) < 4.78 is 0. The van der Waals surface area contributed by atoms with E-state index in [0.717, 1.165) is 47.9 Å². The van der Waals surface area contributed by atoms with E-state index in [1.165, 1.54) is 5.69 Å². The molecule has 0 amide bonds. The van der Waals surface area contributed by atoms with E-state index in [9.17, 15) is 0 Å². The number of hydrogen-bond donors (Lipinski definition) is 0. The van der Waals surface area contributed by atoms with Gasteiger partial charge in [0.1, 0.15) is 12.1 Å². The van der Waals surface area contributed by atoms with E-state index in [0.29, 0.717) is 0 Å². The van der Waals surface area contributed by atoms with E-state index < -0.39 is 0 Å². The van der Waals surface area contributed by atoms with Crippen LogP contribution in [-0.4, -0.2) is 36.1 Å². The second-order valence-electron chi connectivity index (χ2n) is 5.66. The summed E-state index contributed by atoms with van der Waals surface area (Å²) in [5.74, 6) is 1.03. The van der Waals surface area contributed by atoms with Crippen molar-refractivity contribution < 1.29 is 0 Å². The van der Waals surface area contributed by atoms with Crippen molar-refractivity contribution in [3.05, 3.63) is 59.9 Å². The Bertz CT molecular complexity index is 805. The Morgan fingerprint density at radius 2 is 1.48 bits per heavy atom. The summed E-state index contributed by atoms with van der Waals surface area (Å²) in [6, 6.07) is 16.2. The molecule has 0 atom stereocenters. The van der Waals surface area contributed by atoms with Crippen molar-refractivity contribution in [1.82, 2.24) is 9.97 Å². The lowest BCUT2D eigenvalue weighted by atomic mass is 10.2. The third kappa shape index (κ3) is 2.82. The van der Waals surface area contributed by atoms with E-state index in [4.69, 9.17) is 11.6 Å². The summed E-state index contributed by atoms with van der Waals surface area (Å²) in [6.45, 7) is 3.84. The van der Waals surface area contributed by atoms with Gasteiger partial charge in [-0.05, 0) is 36.4 Å². The molecule has 1 aromatic heterocycles. The Hall–Kier alpha value is -2.33. The van der Waals surface area contributed by atoms with Crippen LogP contribution < -0.4 is 9.80 Å². The molecule has 3 aromatic rings. The van der Waals surface area contributed by atoms with E-state index in [-0.39, 0.29) is 0 Å². The first kappa shape index (κ1) is 14.3. The molecule has 1 fully saturated rings. The maximum absolute atomic E-state index is 5.97. The van der Waals surface area contributed by atoms with Gasteiger partial charge in [-0.2, -0.15) is 0 Å². The first-order chi connectivity index (χ1) is 11.3. The molecule has 0 spiro atoms. The lowest BCUT2D eigenvalue weighted by molar-refractivity contribution is 0.649. The second-order valence-corrected chi connectivity index (χ2v) is 6.10. The number of para-hydroxylation sites is 1. The van der Waals surface area contributed by atoms with Crippen LogP contribution in [0.1, 0.15) is 0 Å². The molecule has 116 valence electrons. The van der Waals surface area contributed by atoms with Gasteiger partial charge in [-0.15, -0.1) is 0 Å². The maximum Gasteiger partial charge on any atom is 0.140 e. The predicted molar refractivity (Wildman–Crippen MR) is 95.4 cm³/mol. The van der Waals surface area contributed by atoms with Gasteiger partial charge < -0.3 is 9.80 Å². The first-order valence-electron chi connectivity index (χ1n) is 7.76. The number of fused-ring (bicyclic) bond motifs is 1. The summed E-state index contributed by atoms with van der Waals surface area (Å²) in [7, 11) is 0. The SMILES string of the molecule is Clc1ccc(N2CCN(c3ncnc4ccccc34)CC2)cc1. The Labute approximate surface area is 140 Å². The molecule has 1 aliphatic heterocycles. The van der Waals surface area contributed by atoms with Crippen molar-refractivity contribution >= 4 is 34.0 Å². The fraction of sp³-hybridized carbons (Fsp3) is 0.222. The Morgan fingerprint density at radius 3 is 2.26 bits per heavy atom. The normalized spacial score (nSPS) is 15.2. The van der Waals surface area contributed by atoms with Gasteiger partial charge in [0.2, 0.25) is 0 Å². The Balaban J connectivity index is 1.54. The van der Waals surface area contributed by atoms with Crippen LogP contribution in [-0.2, 0) is 0 Å². The summed E-state index contributed by atoms with van der Waals surface area (Å²) in [4.78, 5) is 13.6. The molecule has 2 heterocycles. The number of piperazine rings is 1. The average molecular weight is 325 g/mol. The zero-order valence-electron chi connectivity index (χ0n) is 12.7. The van der Waals surface area contributed by atoms with E-state index in [2.05, 4.69) is 38.0 Å².